The van der Waals surface area contributed by atoms with Crippen LogP contribution in [0.3, 0.4) is 0 Å². The Morgan fingerprint density at radius 3 is 3.19 bits per heavy atom. The van der Waals surface area contributed by atoms with Gasteiger partial charge in [-0.3, -0.25) is 10.1 Å². The molecule has 1 aromatic heterocycles. The number of rotatable bonds is 5. The summed E-state index contributed by atoms with van der Waals surface area (Å²) in [4.78, 5) is 14.4. The molecule has 7 nitrogen and oxygen atoms in total. The Morgan fingerprint density at radius 1 is 1.52 bits per heavy atom. The number of benzene rings is 1. The Kier molecular flexibility index (Phi) is 4.01. The highest BCUT2D eigenvalue weighted by Gasteiger charge is 2.15. The molecule has 2 heterocycles. The van der Waals surface area contributed by atoms with Crippen LogP contribution in [0.25, 0.3) is 11.1 Å². The number of oxazole rings is 1. The molecule has 1 N–H and O–H groups in total. The Morgan fingerprint density at radius 2 is 2.43 bits per heavy atom. The van der Waals surface area contributed by atoms with Gasteiger partial charge in [-0.1, -0.05) is 0 Å². The number of fused-ring (bicyclic) bond motifs is 1. The normalized spacial score (nSPS) is 18.8. The lowest BCUT2D eigenvalue weighted by Crippen LogP contribution is -2.30. The summed E-state index contributed by atoms with van der Waals surface area (Å²) in [5.74, 6) is 0.629. The lowest BCUT2D eigenvalue weighted by Gasteiger charge is -2.22. The third-order valence-corrected chi connectivity index (χ3v) is 3.71. The number of nitrogens with one attached hydrogen (secondary N) is 1. The third-order valence-electron chi connectivity index (χ3n) is 3.71. The summed E-state index contributed by atoms with van der Waals surface area (Å²) in [7, 11) is 0. The van der Waals surface area contributed by atoms with Crippen LogP contribution < -0.4 is 10.1 Å². The number of aromatic nitrogens is 1. The standard InChI is InChI=1S/C14H17N3O4/c18-17(19)11-3-4-13-12(8-11)16-14(21-13)20-7-5-10-2-1-6-15-9-10/h3-4,8,10,15H,1-2,5-7,9H2/t10-/m1/s1. The van der Waals surface area contributed by atoms with E-state index in [1.165, 1.54) is 25.0 Å². The smallest absolute Gasteiger partial charge is 0.394 e. The first kappa shape index (κ1) is 13.8. The molecule has 1 fully saturated rings. The zero-order chi connectivity index (χ0) is 14.7. The second kappa shape index (κ2) is 6.09. The molecule has 112 valence electrons. The second-order valence-corrected chi connectivity index (χ2v) is 5.24. The van der Waals surface area contributed by atoms with Gasteiger partial charge in [0.2, 0.25) is 0 Å². The van der Waals surface area contributed by atoms with Gasteiger partial charge in [-0.25, -0.2) is 0 Å². The molecule has 21 heavy (non-hydrogen) atoms. The first-order valence-corrected chi connectivity index (χ1v) is 7.11. The third kappa shape index (κ3) is 3.30. The highest BCUT2D eigenvalue weighted by Crippen LogP contribution is 2.25. The zero-order valence-electron chi connectivity index (χ0n) is 11.6. The maximum absolute atomic E-state index is 10.7. The molecule has 1 aromatic carbocycles. The van der Waals surface area contributed by atoms with E-state index in [1.807, 2.05) is 0 Å². The second-order valence-electron chi connectivity index (χ2n) is 5.24. The maximum Gasteiger partial charge on any atom is 0.394 e. The Bertz CT molecular complexity index is 634. The van der Waals surface area contributed by atoms with Crippen molar-refractivity contribution in [2.45, 2.75) is 19.3 Å². The molecule has 0 aliphatic carbocycles. The van der Waals surface area contributed by atoms with Gasteiger partial charge in [-0.05, 0) is 44.3 Å². The highest BCUT2D eigenvalue weighted by atomic mass is 16.6. The molecule has 3 rings (SSSR count). The number of nitro benzene ring substituents is 1. The number of nitro groups is 1. The van der Waals surface area contributed by atoms with Crippen LogP contribution in [0, 0.1) is 16.0 Å². The van der Waals surface area contributed by atoms with Crippen molar-refractivity contribution in [3.63, 3.8) is 0 Å². The lowest BCUT2D eigenvalue weighted by atomic mass is 9.97. The van der Waals surface area contributed by atoms with E-state index in [-0.39, 0.29) is 11.8 Å². The van der Waals surface area contributed by atoms with E-state index in [0.29, 0.717) is 23.6 Å². The molecule has 1 aliphatic heterocycles. The minimum absolute atomic E-state index is 0.00405. The van der Waals surface area contributed by atoms with E-state index in [0.717, 1.165) is 19.5 Å². The van der Waals surface area contributed by atoms with E-state index < -0.39 is 4.92 Å². The fraction of sp³-hybridized carbons (Fsp3) is 0.500. The quantitative estimate of drug-likeness (QED) is 0.672. The molecule has 1 saturated heterocycles. The van der Waals surface area contributed by atoms with Gasteiger partial charge in [0.15, 0.2) is 5.58 Å². The summed E-state index contributed by atoms with van der Waals surface area (Å²) in [6.45, 7) is 2.67. The first-order valence-electron chi connectivity index (χ1n) is 7.11. The minimum Gasteiger partial charge on any atom is -0.450 e. The van der Waals surface area contributed by atoms with Crippen LogP contribution in [0.5, 0.6) is 6.08 Å². The largest absolute Gasteiger partial charge is 0.450 e. The molecule has 0 unspecified atom stereocenters. The first-order chi connectivity index (χ1) is 10.2. The van der Waals surface area contributed by atoms with Crippen LogP contribution >= 0.6 is 0 Å². The number of nitrogens with zero attached hydrogens (tertiary/aromatic N) is 2. The van der Waals surface area contributed by atoms with Crippen molar-refractivity contribution in [3.05, 3.63) is 28.3 Å². The van der Waals surface area contributed by atoms with Crippen LogP contribution in [0.15, 0.2) is 22.6 Å². The van der Waals surface area contributed by atoms with Gasteiger partial charge in [0.1, 0.15) is 5.52 Å². The zero-order valence-corrected chi connectivity index (χ0v) is 11.6. The van der Waals surface area contributed by atoms with Crippen LogP contribution in [-0.4, -0.2) is 29.6 Å². The van der Waals surface area contributed by atoms with Gasteiger partial charge < -0.3 is 14.5 Å². The molecule has 0 spiro atoms. The monoisotopic (exact) mass is 291 g/mol. The van der Waals surface area contributed by atoms with Gasteiger partial charge in [0, 0.05) is 12.1 Å². The Hall–Kier alpha value is -2.15. The molecule has 2 aromatic rings. The van der Waals surface area contributed by atoms with E-state index in [1.54, 1.807) is 6.07 Å². The van der Waals surface area contributed by atoms with E-state index >= 15 is 0 Å². The summed E-state index contributed by atoms with van der Waals surface area (Å²) in [5, 5.41) is 14.1. The molecule has 1 atom stereocenters. The molecular formula is C14H17N3O4. The van der Waals surface area contributed by atoms with Crippen molar-refractivity contribution in [2.75, 3.05) is 19.7 Å². The van der Waals surface area contributed by atoms with Gasteiger partial charge in [-0.15, -0.1) is 0 Å². The van der Waals surface area contributed by atoms with Crippen molar-refractivity contribution >= 4 is 16.8 Å². The fourth-order valence-corrected chi connectivity index (χ4v) is 2.55. The molecular weight excluding hydrogens is 274 g/mol. The van der Waals surface area contributed by atoms with Gasteiger partial charge in [0.05, 0.1) is 11.5 Å². The van der Waals surface area contributed by atoms with Crippen LogP contribution in [0.1, 0.15) is 19.3 Å². The number of ether oxygens (including phenoxy) is 1. The molecule has 1 aliphatic rings. The molecule has 0 radical (unpaired) electrons. The van der Waals surface area contributed by atoms with Crippen LogP contribution in [0.2, 0.25) is 0 Å². The number of piperidine rings is 1. The SMILES string of the molecule is O=[N+]([O-])c1ccc2oc(OCC[C@H]3CCCNC3)nc2c1. The number of hydrogen-bond donors (Lipinski definition) is 1. The Labute approximate surface area is 121 Å². The van der Waals surface area contributed by atoms with Gasteiger partial charge in [-0.2, -0.15) is 4.98 Å². The van der Waals surface area contributed by atoms with Crippen molar-refractivity contribution in [1.82, 2.24) is 10.3 Å². The summed E-state index contributed by atoms with van der Waals surface area (Å²) < 4.78 is 10.9. The van der Waals surface area contributed by atoms with Gasteiger partial charge >= 0.3 is 6.08 Å². The molecule has 7 heteroatoms. The van der Waals surface area contributed by atoms with E-state index in [4.69, 9.17) is 9.15 Å². The van der Waals surface area contributed by atoms with Crippen molar-refractivity contribution in [1.29, 1.82) is 0 Å². The summed E-state index contributed by atoms with van der Waals surface area (Å²) >= 11 is 0. The predicted octanol–water partition coefficient (Wildman–Crippen LogP) is 2.50. The average molecular weight is 291 g/mol. The van der Waals surface area contributed by atoms with Crippen LogP contribution in [-0.2, 0) is 0 Å². The molecule has 0 amide bonds. The van der Waals surface area contributed by atoms with E-state index in [9.17, 15) is 10.1 Å². The van der Waals surface area contributed by atoms with Crippen molar-refractivity contribution in [3.8, 4) is 6.08 Å². The summed E-state index contributed by atoms with van der Waals surface area (Å²) in [5.41, 5.74) is 0.934. The maximum atomic E-state index is 10.7. The Balaban J connectivity index is 1.60. The summed E-state index contributed by atoms with van der Waals surface area (Å²) in [6, 6.07) is 4.32. The predicted molar refractivity (Wildman–Crippen MR) is 76.4 cm³/mol. The number of hydrogen-bond acceptors (Lipinski definition) is 6. The lowest BCUT2D eigenvalue weighted by molar-refractivity contribution is -0.384. The molecule has 0 bridgehead atoms. The highest BCUT2D eigenvalue weighted by molar-refractivity contribution is 5.75. The fourth-order valence-electron chi connectivity index (χ4n) is 2.55. The topological polar surface area (TPSA) is 90.4 Å². The summed E-state index contributed by atoms with van der Waals surface area (Å²) in [6.07, 6.45) is 3.55. The van der Waals surface area contributed by atoms with Crippen LogP contribution in [0.4, 0.5) is 5.69 Å². The van der Waals surface area contributed by atoms with E-state index in [2.05, 4.69) is 10.3 Å². The minimum atomic E-state index is -0.454. The molecule has 0 saturated carbocycles. The van der Waals surface area contributed by atoms with Crippen molar-refractivity contribution in [2.24, 2.45) is 5.92 Å². The number of non-ortho nitro benzene ring substituents is 1. The van der Waals surface area contributed by atoms with Gasteiger partial charge in [0.25, 0.3) is 5.69 Å². The van der Waals surface area contributed by atoms with Crippen molar-refractivity contribution < 1.29 is 14.1 Å². The average Bonchev–Trinajstić information content (AvgIpc) is 2.90.